The lowest BCUT2D eigenvalue weighted by Gasteiger charge is -1.80. The lowest BCUT2D eigenvalue weighted by Crippen LogP contribution is -2.04. The Kier molecular flexibility index (Phi) is 2.67. The van der Waals surface area contributed by atoms with Gasteiger partial charge in [-0.25, -0.2) is 0 Å². The summed E-state index contributed by atoms with van der Waals surface area (Å²) in [5, 5.41) is 0. The van der Waals surface area contributed by atoms with Gasteiger partial charge in [-0.2, -0.15) is 0 Å². The lowest BCUT2D eigenvalue weighted by molar-refractivity contribution is -0.113. The molecule has 0 aliphatic heterocycles. The maximum atomic E-state index is 9.91. The Balaban J connectivity index is 2.83. The minimum Gasteiger partial charge on any atom is -0.330 e. The van der Waals surface area contributed by atoms with Crippen molar-refractivity contribution in [3.8, 4) is 0 Å². The van der Waals surface area contributed by atoms with E-state index in [2.05, 4.69) is 0 Å². The zero-order valence-electron chi connectivity index (χ0n) is 3.77. The summed E-state index contributed by atoms with van der Waals surface area (Å²) in [7, 11) is 0. The van der Waals surface area contributed by atoms with E-state index in [1.807, 2.05) is 0 Å². The van der Waals surface area contributed by atoms with Gasteiger partial charge in [-0.15, -0.1) is 0 Å². The van der Waals surface area contributed by atoms with Crippen molar-refractivity contribution in [2.24, 2.45) is 5.73 Å². The van der Waals surface area contributed by atoms with Crippen molar-refractivity contribution < 1.29 is 4.79 Å². The molecular formula is C4H8NO. The van der Waals surface area contributed by atoms with Crippen molar-refractivity contribution in [1.29, 1.82) is 0 Å². The van der Waals surface area contributed by atoms with Gasteiger partial charge in [-0.1, -0.05) is 0 Å². The van der Waals surface area contributed by atoms with Crippen molar-refractivity contribution >= 4 is 5.78 Å². The average molecular weight is 86.1 g/mol. The first-order valence-corrected chi connectivity index (χ1v) is 1.81. The summed E-state index contributed by atoms with van der Waals surface area (Å²) in [6.45, 7) is 1.84. The Labute approximate surface area is 37.3 Å². The van der Waals surface area contributed by atoms with E-state index in [1.165, 1.54) is 13.3 Å². The molecule has 0 unspecified atom stereocenters. The standard InChI is InChI=1S/C4H8NO/c1-4(6)2-3-5/h2H,3,5H2,1H3. The first-order chi connectivity index (χ1) is 2.77. The molecular weight excluding hydrogens is 78.0 g/mol. The van der Waals surface area contributed by atoms with Crippen LogP contribution in [0.2, 0.25) is 0 Å². The highest BCUT2D eigenvalue weighted by atomic mass is 16.1. The van der Waals surface area contributed by atoms with Crippen molar-refractivity contribution in [2.75, 3.05) is 6.54 Å². The number of hydrogen-bond acceptors (Lipinski definition) is 2. The maximum absolute atomic E-state index is 9.91. The molecule has 0 saturated heterocycles. The van der Waals surface area contributed by atoms with Gasteiger partial charge in [0.25, 0.3) is 0 Å². The second-order valence-electron chi connectivity index (χ2n) is 1.05. The predicted octanol–water partition coefficient (Wildman–Crippen LogP) is -0.262. The Morgan fingerprint density at radius 1 is 2.00 bits per heavy atom. The molecule has 0 aromatic heterocycles. The smallest absolute Gasteiger partial charge is 0.134 e. The summed E-state index contributed by atoms with van der Waals surface area (Å²) in [5.41, 5.74) is 4.95. The van der Waals surface area contributed by atoms with Crippen LogP contribution in [0.3, 0.4) is 0 Å². The molecule has 1 radical (unpaired) electrons. The molecule has 0 spiro atoms. The van der Waals surface area contributed by atoms with Gasteiger partial charge in [-0.05, 0) is 6.92 Å². The predicted molar refractivity (Wildman–Crippen MR) is 24.0 cm³/mol. The van der Waals surface area contributed by atoms with Crippen LogP contribution in [0, 0.1) is 6.42 Å². The molecule has 2 N–H and O–H groups in total. The first-order valence-electron chi connectivity index (χ1n) is 1.81. The minimum absolute atomic E-state index is 0.0394. The van der Waals surface area contributed by atoms with Crippen molar-refractivity contribution in [1.82, 2.24) is 0 Å². The van der Waals surface area contributed by atoms with Gasteiger partial charge in [0.15, 0.2) is 0 Å². The number of rotatable bonds is 2. The van der Waals surface area contributed by atoms with Crippen molar-refractivity contribution in [2.45, 2.75) is 6.92 Å². The van der Waals surface area contributed by atoms with Crippen LogP contribution < -0.4 is 5.73 Å². The van der Waals surface area contributed by atoms with Gasteiger partial charge >= 0.3 is 0 Å². The second-order valence-corrected chi connectivity index (χ2v) is 1.05. The third kappa shape index (κ3) is 3.63. The fraction of sp³-hybridized carbons (Fsp3) is 0.500. The highest BCUT2D eigenvalue weighted by Gasteiger charge is 1.84. The SMILES string of the molecule is CC(=O)[CH]CN. The zero-order chi connectivity index (χ0) is 4.99. The second kappa shape index (κ2) is 2.85. The number of ketones is 1. The molecule has 0 amide bonds. The number of Topliss-reactive ketones (excluding diaryl/α,β-unsaturated/α-hetero) is 1. The van der Waals surface area contributed by atoms with Crippen LogP contribution in [0.25, 0.3) is 0 Å². The summed E-state index contributed by atoms with van der Waals surface area (Å²) in [5.74, 6) is 0.0394. The molecule has 0 aromatic carbocycles. The van der Waals surface area contributed by atoms with Crippen LogP contribution in [0.4, 0.5) is 0 Å². The van der Waals surface area contributed by atoms with E-state index in [1.54, 1.807) is 0 Å². The molecule has 0 aliphatic carbocycles. The van der Waals surface area contributed by atoms with E-state index in [0.29, 0.717) is 6.54 Å². The fourth-order valence-corrected chi connectivity index (χ4v) is 0.166. The van der Waals surface area contributed by atoms with Crippen LogP contribution >= 0.6 is 0 Å². The fourth-order valence-electron chi connectivity index (χ4n) is 0.166. The number of carbonyl (C=O) groups excluding carboxylic acids is 1. The molecule has 35 valence electrons. The molecule has 0 rings (SSSR count). The molecule has 0 saturated carbocycles. The molecule has 6 heavy (non-hydrogen) atoms. The number of nitrogens with two attached hydrogens (primary N) is 1. The van der Waals surface area contributed by atoms with Gasteiger partial charge in [0.05, 0.1) is 0 Å². The Morgan fingerprint density at radius 3 is 2.50 bits per heavy atom. The third-order valence-corrected chi connectivity index (χ3v) is 0.405. The highest BCUT2D eigenvalue weighted by Crippen LogP contribution is 1.69. The molecule has 0 aliphatic rings. The minimum atomic E-state index is 0.0394. The largest absolute Gasteiger partial charge is 0.330 e. The van der Waals surface area contributed by atoms with E-state index in [9.17, 15) is 4.79 Å². The van der Waals surface area contributed by atoms with Crippen molar-refractivity contribution in [3.63, 3.8) is 0 Å². The summed E-state index contributed by atoms with van der Waals surface area (Å²) >= 11 is 0. The van der Waals surface area contributed by atoms with Gasteiger partial charge in [0.2, 0.25) is 0 Å². The van der Waals surface area contributed by atoms with Gasteiger partial charge in [0, 0.05) is 13.0 Å². The molecule has 0 fully saturated rings. The topological polar surface area (TPSA) is 43.1 Å². The van der Waals surface area contributed by atoms with Gasteiger partial charge < -0.3 is 5.73 Å². The van der Waals surface area contributed by atoms with Gasteiger partial charge in [-0.3, -0.25) is 4.79 Å². The first kappa shape index (κ1) is 5.63. The molecule has 2 heteroatoms. The highest BCUT2D eigenvalue weighted by molar-refractivity contribution is 5.84. The Morgan fingerprint density at radius 2 is 2.50 bits per heavy atom. The van der Waals surface area contributed by atoms with E-state index >= 15 is 0 Å². The Hall–Kier alpha value is -0.370. The zero-order valence-corrected chi connectivity index (χ0v) is 3.77. The van der Waals surface area contributed by atoms with E-state index in [-0.39, 0.29) is 5.78 Å². The summed E-state index contributed by atoms with van der Waals surface area (Å²) in [4.78, 5) is 9.91. The summed E-state index contributed by atoms with van der Waals surface area (Å²) in [6.07, 6.45) is 1.43. The number of carbonyl (C=O) groups is 1. The molecule has 2 nitrogen and oxygen atoms in total. The molecule has 0 bridgehead atoms. The molecule has 0 aromatic rings. The normalized spacial score (nSPS) is 8.33. The van der Waals surface area contributed by atoms with Gasteiger partial charge in [0.1, 0.15) is 5.78 Å². The maximum Gasteiger partial charge on any atom is 0.134 e. The van der Waals surface area contributed by atoms with Crippen LogP contribution in [0.5, 0.6) is 0 Å². The monoisotopic (exact) mass is 86.1 g/mol. The third-order valence-electron chi connectivity index (χ3n) is 0.405. The quantitative estimate of drug-likeness (QED) is 0.503. The summed E-state index contributed by atoms with van der Waals surface area (Å²) in [6, 6.07) is 0. The molecule has 0 atom stereocenters. The van der Waals surface area contributed by atoms with Crippen LogP contribution in [-0.2, 0) is 4.79 Å². The summed E-state index contributed by atoms with van der Waals surface area (Å²) < 4.78 is 0. The van der Waals surface area contributed by atoms with Crippen molar-refractivity contribution in [3.05, 3.63) is 6.42 Å². The van der Waals surface area contributed by atoms with E-state index in [0.717, 1.165) is 0 Å². The lowest BCUT2D eigenvalue weighted by atomic mass is 10.3. The molecule has 0 heterocycles. The number of hydrogen-bond donors (Lipinski definition) is 1. The van der Waals surface area contributed by atoms with Crippen LogP contribution in [0.1, 0.15) is 6.92 Å². The van der Waals surface area contributed by atoms with E-state index in [4.69, 9.17) is 5.73 Å². The average Bonchev–Trinajstić information content (AvgIpc) is 1.35. The van der Waals surface area contributed by atoms with Crippen LogP contribution in [-0.4, -0.2) is 12.3 Å². The van der Waals surface area contributed by atoms with E-state index < -0.39 is 0 Å². The Bertz CT molecular complexity index is 51.5. The van der Waals surface area contributed by atoms with Crippen LogP contribution in [0.15, 0.2) is 0 Å².